The van der Waals surface area contributed by atoms with Gasteiger partial charge < -0.3 is 20.2 Å². The zero-order valence-corrected chi connectivity index (χ0v) is 11.9. The molecule has 0 aromatic rings. The van der Waals surface area contributed by atoms with E-state index < -0.39 is 12.0 Å². The summed E-state index contributed by atoms with van der Waals surface area (Å²) in [6, 6.07) is -0.959. The average molecular weight is 270 g/mol. The summed E-state index contributed by atoms with van der Waals surface area (Å²) >= 11 is 0. The molecular formula is C13H22N2O4. The minimum absolute atomic E-state index is 0.00350. The topological polar surface area (TPSA) is 84.5 Å². The molecule has 0 unspecified atom stereocenters. The lowest BCUT2D eigenvalue weighted by Crippen LogP contribution is -2.43. The minimum Gasteiger partial charge on any atom is -0.467 e. The number of carbonyl (C=O) groups is 3. The normalized spacial score (nSPS) is 13.1. The number of hydrogen-bond donors (Lipinski definition) is 2. The molecule has 1 amide bonds. The first kappa shape index (κ1) is 17.2. The number of carbonyl (C=O) groups excluding carboxylic acids is 3. The smallest absolute Gasteiger partial charge is 0.328 e. The Morgan fingerprint density at radius 3 is 2.21 bits per heavy atom. The van der Waals surface area contributed by atoms with Gasteiger partial charge in [-0.1, -0.05) is 6.58 Å². The van der Waals surface area contributed by atoms with Gasteiger partial charge in [-0.15, -0.1) is 0 Å². The van der Waals surface area contributed by atoms with Crippen LogP contribution in [0.3, 0.4) is 0 Å². The van der Waals surface area contributed by atoms with E-state index in [4.69, 9.17) is 0 Å². The van der Waals surface area contributed by atoms with E-state index >= 15 is 0 Å². The van der Waals surface area contributed by atoms with Gasteiger partial charge in [0.05, 0.1) is 13.2 Å². The molecule has 0 saturated heterocycles. The van der Waals surface area contributed by atoms with Crippen LogP contribution in [0.25, 0.3) is 0 Å². The number of methoxy groups -OCH3 is 1. The summed E-state index contributed by atoms with van der Waals surface area (Å²) in [4.78, 5) is 33.5. The van der Waals surface area contributed by atoms with Gasteiger partial charge in [-0.25, -0.2) is 4.79 Å². The van der Waals surface area contributed by atoms with Crippen molar-refractivity contribution in [3.05, 3.63) is 12.3 Å². The zero-order chi connectivity index (χ0) is 15.0. The van der Waals surface area contributed by atoms with Crippen molar-refractivity contribution < 1.29 is 19.1 Å². The second-order valence-corrected chi connectivity index (χ2v) is 4.41. The Labute approximate surface area is 113 Å². The predicted octanol–water partition coefficient (Wildman–Crippen LogP) is 0.525. The minimum atomic E-state index is -0.641. The molecular weight excluding hydrogens is 248 g/mol. The Kier molecular flexibility index (Phi) is 7.48. The van der Waals surface area contributed by atoms with E-state index in [1.807, 2.05) is 0 Å². The number of nitrogens with one attached hydrogen (secondary N) is 2. The molecule has 2 atom stereocenters. The van der Waals surface area contributed by atoms with Crippen molar-refractivity contribution in [2.45, 2.75) is 45.7 Å². The van der Waals surface area contributed by atoms with Gasteiger partial charge in [-0.05, 0) is 20.3 Å². The first-order valence-electron chi connectivity index (χ1n) is 6.07. The maximum Gasteiger partial charge on any atom is 0.328 e. The zero-order valence-electron chi connectivity index (χ0n) is 11.9. The maximum absolute atomic E-state index is 11.6. The number of amides is 1. The Bertz CT molecular complexity index is 366. The molecule has 0 aliphatic heterocycles. The molecule has 6 heteroatoms. The Morgan fingerprint density at radius 1 is 1.21 bits per heavy atom. The fourth-order valence-electron chi connectivity index (χ4n) is 1.48. The largest absolute Gasteiger partial charge is 0.467 e. The summed E-state index contributed by atoms with van der Waals surface area (Å²) in [5, 5.41) is 5.54. The molecule has 0 saturated carbocycles. The number of rotatable bonds is 8. The van der Waals surface area contributed by atoms with Crippen molar-refractivity contribution in [2.24, 2.45) is 0 Å². The molecule has 0 spiro atoms. The molecule has 0 bridgehead atoms. The van der Waals surface area contributed by atoms with Crippen LogP contribution in [0.15, 0.2) is 12.3 Å². The van der Waals surface area contributed by atoms with Crippen LogP contribution in [-0.2, 0) is 19.1 Å². The first-order chi connectivity index (χ1) is 8.77. The lowest BCUT2D eigenvalue weighted by Gasteiger charge is -2.22. The van der Waals surface area contributed by atoms with E-state index in [-0.39, 0.29) is 24.2 Å². The van der Waals surface area contributed by atoms with Gasteiger partial charge in [0.15, 0.2) is 0 Å². The van der Waals surface area contributed by atoms with Crippen LogP contribution in [0.2, 0.25) is 0 Å². The molecule has 19 heavy (non-hydrogen) atoms. The fourth-order valence-corrected chi connectivity index (χ4v) is 1.48. The lowest BCUT2D eigenvalue weighted by molar-refractivity contribution is -0.143. The van der Waals surface area contributed by atoms with E-state index in [2.05, 4.69) is 21.9 Å². The summed E-state index contributed by atoms with van der Waals surface area (Å²) in [6.45, 7) is 8.38. The highest BCUT2D eigenvalue weighted by Gasteiger charge is 2.21. The quantitative estimate of drug-likeness (QED) is 0.628. The second kappa shape index (κ2) is 8.29. The molecule has 0 aromatic carbocycles. The monoisotopic (exact) mass is 270 g/mol. The van der Waals surface area contributed by atoms with Gasteiger partial charge in [-0.3, -0.25) is 4.79 Å². The third kappa shape index (κ3) is 7.23. The highest BCUT2D eigenvalue weighted by molar-refractivity contribution is 5.79. The van der Waals surface area contributed by atoms with Crippen molar-refractivity contribution in [2.75, 3.05) is 7.11 Å². The Hall–Kier alpha value is -1.85. The van der Waals surface area contributed by atoms with Crippen LogP contribution in [-0.4, -0.2) is 36.9 Å². The van der Waals surface area contributed by atoms with Crippen molar-refractivity contribution >= 4 is 17.7 Å². The molecule has 6 nitrogen and oxygen atoms in total. The van der Waals surface area contributed by atoms with Gasteiger partial charge >= 0.3 is 5.97 Å². The molecule has 0 rings (SSSR count). The van der Waals surface area contributed by atoms with Crippen molar-refractivity contribution in [1.29, 1.82) is 0 Å². The van der Waals surface area contributed by atoms with Crippen LogP contribution in [0.1, 0.15) is 33.6 Å². The standard InChI is InChI=1S/C13H22N2O4/c1-8(16)6-7-12(13(18)19-5)15-10(3)9(2)14-11(4)17/h9,12,15H,3,6-7H2,1-2,4-5H3,(H,14,17)/t9-,12-/m0/s1. The highest BCUT2D eigenvalue weighted by atomic mass is 16.5. The third-order valence-corrected chi connectivity index (χ3v) is 2.57. The van der Waals surface area contributed by atoms with Gasteiger partial charge in [0.1, 0.15) is 11.8 Å². The summed E-state index contributed by atoms with van der Waals surface area (Å²) in [5.41, 5.74) is 0.495. The van der Waals surface area contributed by atoms with Crippen molar-refractivity contribution in [3.8, 4) is 0 Å². The third-order valence-electron chi connectivity index (χ3n) is 2.57. The molecule has 2 N–H and O–H groups in total. The van der Waals surface area contributed by atoms with Crippen LogP contribution in [0.5, 0.6) is 0 Å². The van der Waals surface area contributed by atoms with Crippen molar-refractivity contribution in [3.63, 3.8) is 0 Å². The Morgan fingerprint density at radius 2 is 1.79 bits per heavy atom. The lowest BCUT2D eigenvalue weighted by atomic mass is 10.1. The van der Waals surface area contributed by atoms with E-state index in [1.54, 1.807) is 6.92 Å². The fraction of sp³-hybridized carbons (Fsp3) is 0.615. The van der Waals surface area contributed by atoms with Crippen LogP contribution < -0.4 is 10.6 Å². The summed E-state index contributed by atoms with van der Waals surface area (Å²) < 4.78 is 4.67. The summed E-state index contributed by atoms with van der Waals surface area (Å²) in [7, 11) is 1.28. The molecule has 0 aromatic heterocycles. The maximum atomic E-state index is 11.6. The SMILES string of the molecule is C=C(N[C@@H](CCC(C)=O)C(=O)OC)[C@H](C)NC(C)=O. The Balaban J connectivity index is 4.53. The average Bonchev–Trinajstić information content (AvgIpc) is 2.31. The van der Waals surface area contributed by atoms with Gasteiger partial charge in [0.2, 0.25) is 5.91 Å². The molecule has 0 aliphatic rings. The van der Waals surface area contributed by atoms with E-state index in [9.17, 15) is 14.4 Å². The van der Waals surface area contributed by atoms with Crippen LogP contribution in [0, 0.1) is 0 Å². The molecule has 0 aliphatic carbocycles. The molecule has 0 radical (unpaired) electrons. The van der Waals surface area contributed by atoms with Gasteiger partial charge in [0.25, 0.3) is 0 Å². The summed E-state index contributed by atoms with van der Waals surface area (Å²) in [6.07, 6.45) is 0.600. The van der Waals surface area contributed by atoms with Crippen molar-refractivity contribution in [1.82, 2.24) is 10.6 Å². The number of ketones is 1. The number of Topliss-reactive ketones (excluding diaryl/α,β-unsaturated/α-hetero) is 1. The molecule has 0 heterocycles. The van der Waals surface area contributed by atoms with Crippen LogP contribution >= 0.6 is 0 Å². The van der Waals surface area contributed by atoms with E-state index in [0.717, 1.165) is 0 Å². The van der Waals surface area contributed by atoms with E-state index in [0.29, 0.717) is 12.1 Å². The summed E-state index contributed by atoms with van der Waals surface area (Å²) in [5.74, 6) is -0.651. The number of esters is 1. The van der Waals surface area contributed by atoms with Gasteiger partial charge in [-0.2, -0.15) is 0 Å². The van der Waals surface area contributed by atoms with Crippen LogP contribution in [0.4, 0.5) is 0 Å². The van der Waals surface area contributed by atoms with Gasteiger partial charge in [0, 0.05) is 19.0 Å². The molecule has 108 valence electrons. The number of hydrogen-bond acceptors (Lipinski definition) is 5. The first-order valence-corrected chi connectivity index (χ1v) is 6.07. The molecule has 0 fully saturated rings. The predicted molar refractivity (Wildman–Crippen MR) is 71.3 cm³/mol. The highest BCUT2D eigenvalue weighted by Crippen LogP contribution is 2.05. The van der Waals surface area contributed by atoms with E-state index in [1.165, 1.54) is 21.0 Å². The second-order valence-electron chi connectivity index (χ2n) is 4.41. The number of ether oxygens (including phenoxy) is 1.